The second-order valence-electron chi connectivity index (χ2n) is 1.48. The number of carbonyl (C=O) groups is 1. The zero-order chi connectivity index (χ0) is 5.86. The topological polar surface area (TPSA) is 46.3 Å². The van der Waals surface area contributed by atoms with Gasteiger partial charge in [-0.15, -0.1) is 0 Å². The molecule has 0 aliphatic rings. The highest BCUT2D eigenvalue weighted by Gasteiger charge is 1.92. The van der Waals surface area contributed by atoms with Crippen molar-refractivity contribution in [2.24, 2.45) is 5.73 Å². The van der Waals surface area contributed by atoms with E-state index in [1.807, 2.05) is 0 Å². The SMILES string of the molecule is [CH2]N(C)CC(N)=O. The molecule has 1 radical (unpaired) electrons. The first-order valence-electron chi connectivity index (χ1n) is 1.93. The van der Waals surface area contributed by atoms with Crippen molar-refractivity contribution in [2.75, 3.05) is 13.6 Å². The van der Waals surface area contributed by atoms with E-state index in [2.05, 4.69) is 7.05 Å². The Morgan fingerprint density at radius 2 is 2.43 bits per heavy atom. The number of carbonyl (C=O) groups excluding carboxylic acids is 1. The Kier molecular flexibility index (Phi) is 2.37. The van der Waals surface area contributed by atoms with Crippen molar-refractivity contribution in [3.8, 4) is 0 Å². The third kappa shape index (κ3) is 5.43. The molecule has 1 amide bonds. The Morgan fingerprint density at radius 1 is 2.00 bits per heavy atom. The van der Waals surface area contributed by atoms with E-state index in [0.29, 0.717) is 0 Å². The van der Waals surface area contributed by atoms with E-state index in [1.54, 1.807) is 7.05 Å². The lowest BCUT2D eigenvalue weighted by atomic mass is 10.6. The average Bonchev–Trinajstić information content (AvgIpc) is 1.27. The van der Waals surface area contributed by atoms with E-state index in [1.165, 1.54) is 4.90 Å². The molecule has 3 heteroatoms. The minimum atomic E-state index is -0.350. The summed E-state index contributed by atoms with van der Waals surface area (Å²) in [7, 11) is 5.10. The van der Waals surface area contributed by atoms with Crippen molar-refractivity contribution in [3.05, 3.63) is 7.05 Å². The summed E-state index contributed by atoms with van der Waals surface area (Å²) >= 11 is 0. The van der Waals surface area contributed by atoms with E-state index < -0.39 is 0 Å². The molecule has 41 valence electrons. The normalized spacial score (nSPS) is 9.57. The maximum absolute atomic E-state index is 9.95. The van der Waals surface area contributed by atoms with Crippen LogP contribution in [0.25, 0.3) is 0 Å². The van der Waals surface area contributed by atoms with E-state index in [-0.39, 0.29) is 12.5 Å². The van der Waals surface area contributed by atoms with Crippen molar-refractivity contribution >= 4 is 5.91 Å². The van der Waals surface area contributed by atoms with Gasteiger partial charge in [0.25, 0.3) is 0 Å². The Bertz CT molecular complexity index is 70.1. The minimum absolute atomic E-state index is 0.222. The van der Waals surface area contributed by atoms with Crippen molar-refractivity contribution < 1.29 is 4.79 Å². The van der Waals surface area contributed by atoms with Crippen LogP contribution in [0.15, 0.2) is 0 Å². The van der Waals surface area contributed by atoms with Crippen molar-refractivity contribution in [2.45, 2.75) is 0 Å². The average molecular weight is 101 g/mol. The molecule has 0 saturated carbocycles. The first kappa shape index (κ1) is 6.43. The molecule has 7 heavy (non-hydrogen) atoms. The molecule has 0 aliphatic carbocycles. The Labute approximate surface area is 43.1 Å². The van der Waals surface area contributed by atoms with Crippen molar-refractivity contribution in [3.63, 3.8) is 0 Å². The summed E-state index contributed by atoms with van der Waals surface area (Å²) in [5.41, 5.74) is 4.77. The molecule has 0 aromatic rings. The molecule has 0 aromatic heterocycles. The summed E-state index contributed by atoms with van der Waals surface area (Å²) in [6.07, 6.45) is 0. The van der Waals surface area contributed by atoms with Crippen molar-refractivity contribution in [1.29, 1.82) is 0 Å². The number of amides is 1. The quantitative estimate of drug-likeness (QED) is 0.494. The van der Waals surface area contributed by atoms with Gasteiger partial charge in [-0.05, 0) is 7.05 Å². The fourth-order valence-electron chi connectivity index (χ4n) is 0.266. The third-order valence-electron chi connectivity index (χ3n) is 0.426. The lowest BCUT2D eigenvalue weighted by Gasteiger charge is -2.02. The molecule has 0 fully saturated rings. The summed E-state index contributed by atoms with van der Waals surface area (Å²) < 4.78 is 0. The number of rotatable bonds is 2. The van der Waals surface area contributed by atoms with Crippen LogP contribution in [-0.2, 0) is 4.79 Å². The van der Waals surface area contributed by atoms with Gasteiger partial charge < -0.3 is 5.73 Å². The first-order valence-corrected chi connectivity index (χ1v) is 1.93. The van der Waals surface area contributed by atoms with Crippen LogP contribution >= 0.6 is 0 Å². The Balaban J connectivity index is 3.13. The number of nitrogens with zero attached hydrogens (tertiary/aromatic N) is 1. The summed E-state index contributed by atoms with van der Waals surface area (Å²) in [6, 6.07) is 0. The molecule has 2 N–H and O–H groups in total. The van der Waals surface area contributed by atoms with Crippen LogP contribution in [0.1, 0.15) is 0 Å². The van der Waals surface area contributed by atoms with Crippen LogP contribution in [0, 0.1) is 7.05 Å². The van der Waals surface area contributed by atoms with Crippen LogP contribution in [0.3, 0.4) is 0 Å². The Morgan fingerprint density at radius 3 is 2.43 bits per heavy atom. The van der Waals surface area contributed by atoms with Crippen LogP contribution in [0.4, 0.5) is 0 Å². The zero-order valence-corrected chi connectivity index (χ0v) is 4.35. The number of hydrogen-bond donors (Lipinski definition) is 1. The fraction of sp³-hybridized carbons (Fsp3) is 0.500. The molecule has 0 aromatic carbocycles. The molecule has 0 bridgehead atoms. The number of hydrogen-bond acceptors (Lipinski definition) is 2. The maximum atomic E-state index is 9.95. The molecular weight excluding hydrogens is 92.1 g/mol. The number of primary amides is 1. The van der Waals surface area contributed by atoms with Gasteiger partial charge in [0, 0.05) is 7.05 Å². The van der Waals surface area contributed by atoms with E-state index in [4.69, 9.17) is 5.73 Å². The van der Waals surface area contributed by atoms with Crippen LogP contribution in [-0.4, -0.2) is 24.4 Å². The monoisotopic (exact) mass is 101 g/mol. The Hall–Kier alpha value is -0.570. The van der Waals surface area contributed by atoms with Crippen LogP contribution in [0.2, 0.25) is 0 Å². The van der Waals surface area contributed by atoms with E-state index in [9.17, 15) is 4.79 Å². The van der Waals surface area contributed by atoms with Crippen LogP contribution < -0.4 is 5.73 Å². The first-order chi connectivity index (χ1) is 3.13. The minimum Gasteiger partial charge on any atom is -0.369 e. The summed E-state index contributed by atoms with van der Waals surface area (Å²) in [5, 5.41) is 0. The van der Waals surface area contributed by atoms with E-state index in [0.717, 1.165) is 0 Å². The van der Waals surface area contributed by atoms with Gasteiger partial charge in [0.1, 0.15) is 0 Å². The van der Waals surface area contributed by atoms with Crippen molar-refractivity contribution in [1.82, 2.24) is 4.90 Å². The van der Waals surface area contributed by atoms with Gasteiger partial charge in [-0.25, -0.2) is 0 Å². The zero-order valence-electron chi connectivity index (χ0n) is 4.35. The van der Waals surface area contributed by atoms with Gasteiger partial charge in [0.05, 0.1) is 6.54 Å². The largest absolute Gasteiger partial charge is 0.369 e. The lowest BCUT2D eigenvalue weighted by molar-refractivity contribution is -0.118. The standard InChI is InChI=1S/C4H9N2O/c1-6(2)3-4(5)7/h1,3H2,2H3,(H2,5,7). The van der Waals surface area contributed by atoms with Gasteiger partial charge in [-0.1, -0.05) is 0 Å². The van der Waals surface area contributed by atoms with Gasteiger partial charge in [0.2, 0.25) is 5.91 Å². The lowest BCUT2D eigenvalue weighted by Crippen LogP contribution is -2.25. The number of likely N-dealkylation sites (N-methyl/N-ethyl adjacent to an activating group) is 1. The smallest absolute Gasteiger partial charge is 0.231 e. The molecular formula is C4H9N2O. The maximum Gasteiger partial charge on any atom is 0.231 e. The third-order valence-corrected chi connectivity index (χ3v) is 0.426. The second kappa shape index (κ2) is 2.58. The summed E-state index contributed by atoms with van der Waals surface area (Å²) in [5.74, 6) is -0.350. The van der Waals surface area contributed by atoms with Gasteiger partial charge in [-0.3, -0.25) is 9.69 Å². The van der Waals surface area contributed by atoms with Crippen LogP contribution in [0.5, 0.6) is 0 Å². The molecule has 0 unspecified atom stereocenters. The molecule has 0 saturated heterocycles. The predicted molar refractivity (Wildman–Crippen MR) is 27.2 cm³/mol. The summed E-state index contributed by atoms with van der Waals surface area (Å²) in [4.78, 5) is 11.4. The molecule has 0 spiro atoms. The summed E-state index contributed by atoms with van der Waals surface area (Å²) in [6.45, 7) is 0.222. The van der Waals surface area contributed by atoms with Gasteiger partial charge in [-0.2, -0.15) is 0 Å². The second-order valence-corrected chi connectivity index (χ2v) is 1.48. The molecule has 3 nitrogen and oxygen atoms in total. The molecule has 0 rings (SSSR count). The molecule has 0 atom stereocenters. The fourth-order valence-corrected chi connectivity index (χ4v) is 0.266. The van der Waals surface area contributed by atoms with E-state index >= 15 is 0 Å². The molecule has 0 aliphatic heterocycles. The molecule has 0 heterocycles. The number of nitrogens with two attached hydrogens (primary N) is 1. The van der Waals surface area contributed by atoms with Gasteiger partial charge in [0.15, 0.2) is 0 Å². The highest BCUT2D eigenvalue weighted by molar-refractivity contribution is 5.75. The highest BCUT2D eigenvalue weighted by atomic mass is 16.1. The predicted octanol–water partition coefficient (Wildman–Crippen LogP) is -0.805. The highest BCUT2D eigenvalue weighted by Crippen LogP contribution is 1.70. The van der Waals surface area contributed by atoms with Gasteiger partial charge >= 0.3 is 0 Å².